The first kappa shape index (κ1) is 17.0. The summed E-state index contributed by atoms with van der Waals surface area (Å²) in [6.07, 6.45) is 1.45. The fraction of sp³-hybridized carbons (Fsp3) is 0.267. The zero-order chi connectivity index (χ0) is 15.9. The van der Waals surface area contributed by atoms with Crippen LogP contribution in [0.1, 0.15) is 33.5 Å². The molecule has 1 aromatic carbocycles. The van der Waals surface area contributed by atoms with Crippen LogP contribution in [0.25, 0.3) is 5.69 Å². The predicted octanol–water partition coefficient (Wildman–Crippen LogP) is 2.20. The van der Waals surface area contributed by atoms with E-state index in [9.17, 15) is 14.0 Å². The van der Waals surface area contributed by atoms with E-state index in [1.807, 2.05) is 0 Å². The molecule has 122 valence electrons. The van der Waals surface area contributed by atoms with Crippen molar-refractivity contribution in [3.63, 3.8) is 0 Å². The van der Waals surface area contributed by atoms with Gasteiger partial charge in [0.1, 0.15) is 12.1 Å². The van der Waals surface area contributed by atoms with Gasteiger partial charge >= 0.3 is 5.97 Å². The molecular weight excluding hydrogens is 325 g/mol. The number of nitrogens with zero attached hydrogens (tertiary/aromatic N) is 3. The number of benzene rings is 1. The van der Waals surface area contributed by atoms with Crippen LogP contribution in [-0.4, -0.2) is 40.0 Å². The third kappa shape index (κ3) is 2.79. The van der Waals surface area contributed by atoms with Crippen LogP contribution in [0.3, 0.4) is 0 Å². The van der Waals surface area contributed by atoms with E-state index >= 15 is 0 Å². The molecule has 0 saturated carbocycles. The fourth-order valence-corrected chi connectivity index (χ4v) is 2.49. The molecule has 1 aliphatic heterocycles. The molecule has 0 N–H and O–H groups in total. The highest BCUT2D eigenvalue weighted by atomic mass is 35.5. The van der Waals surface area contributed by atoms with Crippen molar-refractivity contribution in [2.24, 2.45) is 0 Å². The van der Waals surface area contributed by atoms with E-state index in [0.717, 1.165) is 0 Å². The Kier molecular flexibility index (Phi) is 4.70. The molecule has 0 unspecified atom stereocenters. The number of rotatable bonds is 2. The zero-order valence-corrected chi connectivity index (χ0v) is 13.4. The molecule has 6 nitrogen and oxygen atoms in total. The van der Waals surface area contributed by atoms with Gasteiger partial charge in [0.15, 0.2) is 5.69 Å². The van der Waals surface area contributed by atoms with E-state index in [1.165, 1.54) is 29.4 Å². The first-order valence-corrected chi connectivity index (χ1v) is 6.81. The van der Waals surface area contributed by atoms with E-state index in [4.69, 9.17) is 4.74 Å². The lowest BCUT2D eigenvalue weighted by Gasteiger charge is -2.14. The lowest BCUT2D eigenvalue weighted by Crippen LogP contribution is -2.26. The molecule has 0 bridgehead atoms. The highest BCUT2D eigenvalue weighted by Crippen LogP contribution is 2.26. The molecule has 8 heteroatoms. The topological polar surface area (TPSA) is 64.4 Å². The number of imidazole rings is 1. The molecule has 2 aromatic rings. The number of hydrogen-bond donors (Lipinski definition) is 0. The van der Waals surface area contributed by atoms with Crippen molar-refractivity contribution in [3.8, 4) is 5.69 Å². The molecule has 0 atom stereocenters. The summed E-state index contributed by atoms with van der Waals surface area (Å²) in [6, 6.07) is 3.96. The Bertz CT molecular complexity index is 775. The van der Waals surface area contributed by atoms with Gasteiger partial charge in [0.05, 0.1) is 30.1 Å². The summed E-state index contributed by atoms with van der Waals surface area (Å²) in [4.78, 5) is 29.9. The monoisotopic (exact) mass is 339 g/mol. The molecular formula is C15H15ClFN3O3. The SMILES string of the molecule is CCOC(=O)c1ncn2c1CN(C)C(=O)c1cc(F)ccc1-2.Cl. The minimum atomic E-state index is -0.539. The van der Waals surface area contributed by atoms with E-state index in [0.29, 0.717) is 11.4 Å². The van der Waals surface area contributed by atoms with Crippen molar-refractivity contribution in [3.05, 3.63) is 47.3 Å². The molecule has 0 radical (unpaired) electrons. The number of ether oxygens (including phenoxy) is 1. The molecule has 0 saturated heterocycles. The van der Waals surface area contributed by atoms with Crippen LogP contribution in [0.5, 0.6) is 0 Å². The van der Waals surface area contributed by atoms with Gasteiger partial charge in [0, 0.05) is 7.05 Å². The largest absolute Gasteiger partial charge is 0.461 e. The maximum atomic E-state index is 13.5. The summed E-state index contributed by atoms with van der Waals surface area (Å²) in [5.41, 5.74) is 1.43. The minimum absolute atomic E-state index is 0. The number of fused-ring (bicyclic) bond motifs is 3. The number of carbonyl (C=O) groups is 2. The second-order valence-corrected chi connectivity index (χ2v) is 4.95. The van der Waals surface area contributed by atoms with Crippen LogP contribution in [-0.2, 0) is 11.3 Å². The van der Waals surface area contributed by atoms with Crippen LogP contribution in [0.4, 0.5) is 4.39 Å². The number of amides is 1. The molecule has 2 heterocycles. The molecule has 23 heavy (non-hydrogen) atoms. The Morgan fingerprint density at radius 2 is 2.17 bits per heavy atom. The van der Waals surface area contributed by atoms with Gasteiger partial charge in [-0.25, -0.2) is 14.2 Å². The molecule has 1 aliphatic rings. The fourth-order valence-electron chi connectivity index (χ4n) is 2.49. The van der Waals surface area contributed by atoms with E-state index in [2.05, 4.69) is 4.98 Å². The Labute approximate surface area is 138 Å². The molecule has 0 aliphatic carbocycles. The normalized spacial score (nSPS) is 12.8. The van der Waals surface area contributed by atoms with Gasteiger partial charge in [-0.1, -0.05) is 0 Å². The van der Waals surface area contributed by atoms with Crippen molar-refractivity contribution in [2.45, 2.75) is 13.5 Å². The van der Waals surface area contributed by atoms with E-state index in [1.54, 1.807) is 18.5 Å². The van der Waals surface area contributed by atoms with E-state index < -0.39 is 11.8 Å². The van der Waals surface area contributed by atoms with Crippen LogP contribution in [0.2, 0.25) is 0 Å². The lowest BCUT2D eigenvalue weighted by atomic mass is 10.1. The summed E-state index contributed by atoms with van der Waals surface area (Å²) >= 11 is 0. The van der Waals surface area contributed by atoms with Crippen LogP contribution >= 0.6 is 12.4 Å². The summed E-state index contributed by atoms with van der Waals surface area (Å²) in [7, 11) is 1.59. The van der Waals surface area contributed by atoms with Crippen molar-refractivity contribution < 1.29 is 18.7 Å². The molecule has 1 amide bonds. The zero-order valence-electron chi connectivity index (χ0n) is 12.6. The maximum Gasteiger partial charge on any atom is 0.358 e. The first-order valence-electron chi connectivity index (χ1n) is 6.81. The maximum absolute atomic E-state index is 13.5. The van der Waals surface area contributed by atoms with Gasteiger partial charge < -0.3 is 9.64 Å². The Hall–Kier alpha value is -2.41. The average Bonchev–Trinajstić information content (AvgIpc) is 2.86. The van der Waals surface area contributed by atoms with Crippen molar-refractivity contribution in [1.82, 2.24) is 14.5 Å². The molecule has 3 rings (SSSR count). The number of esters is 1. The van der Waals surface area contributed by atoms with Crippen molar-refractivity contribution in [1.29, 1.82) is 0 Å². The summed E-state index contributed by atoms with van der Waals surface area (Å²) in [5.74, 6) is -1.34. The van der Waals surface area contributed by atoms with Gasteiger partial charge in [0.25, 0.3) is 5.91 Å². The number of carbonyl (C=O) groups excluding carboxylic acids is 2. The summed E-state index contributed by atoms with van der Waals surface area (Å²) < 4.78 is 20.1. The van der Waals surface area contributed by atoms with Gasteiger partial charge in [-0.3, -0.25) is 9.36 Å². The quantitative estimate of drug-likeness (QED) is 0.787. The molecule has 0 spiro atoms. The van der Waals surface area contributed by atoms with Gasteiger partial charge in [-0.2, -0.15) is 0 Å². The van der Waals surface area contributed by atoms with Crippen LogP contribution in [0, 0.1) is 5.82 Å². The van der Waals surface area contributed by atoms with Crippen LogP contribution in [0.15, 0.2) is 24.5 Å². The Balaban J connectivity index is 0.00000192. The third-order valence-corrected chi connectivity index (χ3v) is 3.52. The molecule has 1 aromatic heterocycles. The third-order valence-electron chi connectivity index (χ3n) is 3.52. The minimum Gasteiger partial charge on any atom is -0.461 e. The Morgan fingerprint density at radius 3 is 2.87 bits per heavy atom. The van der Waals surface area contributed by atoms with Gasteiger partial charge in [-0.15, -0.1) is 12.4 Å². The number of halogens is 2. The number of hydrogen-bond acceptors (Lipinski definition) is 4. The highest BCUT2D eigenvalue weighted by Gasteiger charge is 2.29. The second kappa shape index (κ2) is 6.37. The predicted molar refractivity (Wildman–Crippen MR) is 82.5 cm³/mol. The number of aromatic nitrogens is 2. The lowest BCUT2D eigenvalue weighted by molar-refractivity contribution is 0.0516. The van der Waals surface area contributed by atoms with Crippen molar-refractivity contribution in [2.75, 3.05) is 13.7 Å². The van der Waals surface area contributed by atoms with Gasteiger partial charge in [-0.05, 0) is 25.1 Å². The standard InChI is InChI=1S/C15H14FN3O3.ClH/c1-3-22-15(21)13-12-7-18(2)14(20)10-6-9(16)4-5-11(10)19(12)8-17-13;/h4-6,8H,3,7H2,1-2H3;1H. The first-order chi connectivity index (χ1) is 10.5. The summed E-state index contributed by atoms with van der Waals surface area (Å²) in [5, 5.41) is 0. The smallest absolute Gasteiger partial charge is 0.358 e. The molecule has 0 fully saturated rings. The van der Waals surface area contributed by atoms with E-state index in [-0.39, 0.29) is 42.7 Å². The van der Waals surface area contributed by atoms with Crippen LogP contribution < -0.4 is 0 Å². The Morgan fingerprint density at radius 1 is 1.43 bits per heavy atom. The second-order valence-electron chi connectivity index (χ2n) is 4.95. The van der Waals surface area contributed by atoms with Crippen molar-refractivity contribution >= 4 is 24.3 Å². The summed E-state index contributed by atoms with van der Waals surface area (Å²) in [6.45, 7) is 2.13. The average molecular weight is 340 g/mol. The van der Waals surface area contributed by atoms with Gasteiger partial charge in [0.2, 0.25) is 0 Å². The highest BCUT2D eigenvalue weighted by molar-refractivity contribution is 5.99.